The fourth-order valence-electron chi connectivity index (χ4n) is 4.00. The van der Waals surface area contributed by atoms with E-state index in [1.807, 2.05) is 47.0 Å². The van der Waals surface area contributed by atoms with E-state index in [4.69, 9.17) is 4.74 Å². The number of rotatable bonds is 5. The summed E-state index contributed by atoms with van der Waals surface area (Å²) in [7, 11) is 1.65. The van der Waals surface area contributed by atoms with Gasteiger partial charge in [-0.15, -0.1) is 0 Å². The Labute approximate surface area is 168 Å². The fraction of sp³-hybridized carbons (Fsp3) is 0.0800. The van der Waals surface area contributed by atoms with Gasteiger partial charge in [0.15, 0.2) is 6.29 Å². The van der Waals surface area contributed by atoms with Gasteiger partial charge < -0.3 is 9.30 Å². The molecular formula is C25H20N2O2. The van der Waals surface area contributed by atoms with Crippen molar-refractivity contribution in [1.29, 1.82) is 0 Å². The third-order valence-corrected chi connectivity index (χ3v) is 5.36. The first-order valence-electron chi connectivity index (χ1n) is 9.56. The number of aromatic nitrogens is 2. The zero-order chi connectivity index (χ0) is 19.8. The molecule has 2 heterocycles. The largest absolute Gasteiger partial charge is 0.497 e. The van der Waals surface area contributed by atoms with Crippen molar-refractivity contribution in [3.63, 3.8) is 0 Å². The normalized spacial score (nSPS) is 11.2. The van der Waals surface area contributed by atoms with E-state index >= 15 is 0 Å². The average Bonchev–Trinajstić information content (AvgIpc) is 3.31. The molecule has 5 aromatic rings. The summed E-state index contributed by atoms with van der Waals surface area (Å²) in [4.78, 5) is 11.9. The van der Waals surface area contributed by atoms with Crippen LogP contribution in [0.2, 0.25) is 0 Å². The maximum absolute atomic E-state index is 11.9. The zero-order valence-corrected chi connectivity index (χ0v) is 16.1. The standard InChI is InChI=1S/C25H20N2O2/c1-29-22-11-12-24-20(14-22)13-21(17-28)27(24)25-15-19-9-5-6-10-23(19)26(25)16-18-7-3-2-4-8-18/h2-15,17H,16H2,1H3. The van der Waals surface area contributed by atoms with Gasteiger partial charge in [0.1, 0.15) is 11.6 Å². The van der Waals surface area contributed by atoms with Gasteiger partial charge in [0.25, 0.3) is 0 Å². The molecule has 0 spiro atoms. The first kappa shape index (κ1) is 17.3. The monoisotopic (exact) mass is 380 g/mol. The fourth-order valence-corrected chi connectivity index (χ4v) is 4.00. The maximum Gasteiger partial charge on any atom is 0.166 e. The van der Waals surface area contributed by atoms with Crippen LogP contribution in [0.15, 0.2) is 84.9 Å². The lowest BCUT2D eigenvalue weighted by Crippen LogP contribution is -2.09. The van der Waals surface area contributed by atoms with Crippen molar-refractivity contribution in [2.24, 2.45) is 0 Å². The summed E-state index contributed by atoms with van der Waals surface area (Å²) >= 11 is 0. The van der Waals surface area contributed by atoms with Crippen molar-refractivity contribution in [3.05, 3.63) is 96.2 Å². The summed E-state index contributed by atoms with van der Waals surface area (Å²) in [5, 5.41) is 2.12. The van der Waals surface area contributed by atoms with Crippen molar-refractivity contribution in [3.8, 4) is 11.6 Å². The van der Waals surface area contributed by atoms with Gasteiger partial charge in [-0.1, -0.05) is 48.5 Å². The lowest BCUT2D eigenvalue weighted by Gasteiger charge is -2.14. The Balaban J connectivity index is 1.79. The highest BCUT2D eigenvalue weighted by molar-refractivity contribution is 5.93. The van der Waals surface area contributed by atoms with Gasteiger partial charge in [-0.3, -0.25) is 9.36 Å². The smallest absolute Gasteiger partial charge is 0.166 e. The molecule has 0 unspecified atom stereocenters. The number of hydrogen-bond acceptors (Lipinski definition) is 2. The topological polar surface area (TPSA) is 36.2 Å². The molecule has 0 bridgehead atoms. The molecule has 4 nitrogen and oxygen atoms in total. The van der Waals surface area contributed by atoms with Crippen molar-refractivity contribution < 1.29 is 9.53 Å². The van der Waals surface area contributed by atoms with Crippen LogP contribution in [-0.2, 0) is 6.54 Å². The van der Waals surface area contributed by atoms with Gasteiger partial charge in [0.05, 0.1) is 23.8 Å². The minimum Gasteiger partial charge on any atom is -0.497 e. The van der Waals surface area contributed by atoms with Crippen molar-refractivity contribution in [1.82, 2.24) is 9.13 Å². The number of para-hydroxylation sites is 1. The van der Waals surface area contributed by atoms with Crippen LogP contribution in [0.25, 0.3) is 27.6 Å². The molecule has 142 valence electrons. The van der Waals surface area contributed by atoms with Crippen molar-refractivity contribution in [2.45, 2.75) is 6.54 Å². The molecular weight excluding hydrogens is 360 g/mol. The van der Waals surface area contributed by atoms with Crippen LogP contribution in [0.1, 0.15) is 16.1 Å². The second-order valence-electron chi connectivity index (χ2n) is 7.08. The Kier molecular flexibility index (Phi) is 4.17. The molecule has 0 atom stereocenters. The quantitative estimate of drug-likeness (QED) is 0.380. The number of ether oxygens (including phenoxy) is 1. The highest BCUT2D eigenvalue weighted by Crippen LogP contribution is 2.31. The first-order valence-corrected chi connectivity index (χ1v) is 9.56. The van der Waals surface area contributed by atoms with E-state index in [-0.39, 0.29) is 0 Å². The zero-order valence-electron chi connectivity index (χ0n) is 16.1. The van der Waals surface area contributed by atoms with E-state index in [9.17, 15) is 4.79 Å². The van der Waals surface area contributed by atoms with Crippen LogP contribution in [0.4, 0.5) is 0 Å². The van der Waals surface area contributed by atoms with E-state index in [0.29, 0.717) is 5.69 Å². The van der Waals surface area contributed by atoms with E-state index in [2.05, 4.69) is 47.0 Å². The molecule has 0 N–H and O–H groups in total. The van der Waals surface area contributed by atoms with Crippen LogP contribution >= 0.6 is 0 Å². The molecule has 0 fully saturated rings. The summed E-state index contributed by atoms with van der Waals surface area (Å²) in [6.07, 6.45) is 0.914. The number of nitrogens with zero attached hydrogens (tertiary/aromatic N) is 2. The number of aldehydes is 1. The van der Waals surface area contributed by atoms with E-state index in [1.165, 1.54) is 5.56 Å². The van der Waals surface area contributed by atoms with Gasteiger partial charge in [-0.2, -0.15) is 0 Å². The molecule has 0 saturated heterocycles. The van der Waals surface area contributed by atoms with Gasteiger partial charge >= 0.3 is 0 Å². The molecule has 3 aromatic carbocycles. The molecule has 0 amide bonds. The summed E-state index contributed by atoms with van der Waals surface area (Å²) in [5.74, 6) is 1.74. The Bertz CT molecular complexity index is 1330. The number of fused-ring (bicyclic) bond motifs is 2. The predicted molar refractivity (Wildman–Crippen MR) is 116 cm³/mol. The number of benzene rings is 3. The number of methoxy groups -OCH3 is 1. The summed E-state index contributed by atoms with van der Waals surface area (Å²) in [6.45, 7) is 0.720. The van der Waals surface area contributed by atoms with Gasteiger partial charge in [-0.25, -0.2) is 0 Å². The summed E-state index contributed by atoms with van der Waals surface area (Å²) < 4.78 is 9.66. The molecule has 2 aromatic heterocycles. The lowest BCUT2D eigenvalue weighted by atomic mass is 10.2. The maximum atomic E-state index is 11.9. The highest BCUT2D eigenvalue weighted by Gasteiger charge is 2.17. The molecule has 0 radical (unpaired) electrons. The summed E-state index contributed by atoms with van der Waals surface area (Å²) in [6, 6.07) is 28.6. The molecule has 0 aliphatic heterocycles. The van der Waals surface area contributed by atoms with Gasteiger partial charge in [0.2, 0.25) is 0 Å². The molecule has 29 heavy (non-hydrogen) atoms. The van der Waals surface area contributed by atoms with Gasteiger partial charge in [0, 0.05) is 17.3 Å². The SMILES string of the molecule is COc1ccc2c(c1)cc(C=O)n2-c1cc2ccccc2n1Cc1ccccc1. The third-order valence-electron chi connectivity index (χ3n) is 5.36. The minimum absolute atomic E-state index is 0.616. The number of carbonyl (C=O) groups excluding carboxylic acids is 1. The number of hydrogen-bond donors (Lipinski definition) is 0. The highest BCUT2D eigenvalue weighted by atomic mass is 16.5. The average molecular weight is 380 g/mol. The molecule has 0 saturated carbocycles. The Hall–Kier alpha value is -3.79. The number of carbonyl (C=O) groups is 1. The minimum atomic E-state index is 0.616. The van der Waals surface area contributed by atoms with Gasteiger partial charge in [-0.05, 0) is 42.0 Å². The first-order chi connectivity index (χ1) is 14.3. The molecule has 4 heteroatoms. The lowest BCUT2D eigenvalue weighted by molar-refractivity contribution is 0.111. The summed E-state index contributed by atoms with van der Waals surface area (Å²) in [5.41, 5.74) is 3.94. The predicted octanol–water partition coefficient (Wildman–Crippen LogP) is 5.45. The van der Waals surface area contributed by atoms with Crippen molar-refractivity contribution >= 4 is 28.1 Å². The second kappa shape index (κ2) is 6.99. The van der Waals surface area contributed by atoms with E-state index in [1.54, 1.807) is 7.11 Å². The van der Waals surface area contributed by atoms with Crippen LogP contribution < -0.4 is 4.74 Å². The third kappa shape index (κ3) is 2.90. The van der Waals surface area contributed by atoms with Crippen LogP contribution in [0.3, 0.4) is 0 Å². The second-order valence-corrected chi connectivity index (χ2v) is 7.08. The van der Waals surface area contributed by atoms with E-state index < -0.39 is 0 Å². The van der Waals surface area contributed by atoms with Crippen LogP contribution in [0, 0.1) is 0 Å². The van der Waals surface area contributed by atoms with Crippen LogP contribution in [0.5, 0.6) is 5.75 Å². The Morgan fingerprint density at radius 3 is 2.41 bits per heavy atom. The van der Waals surface area contributed by atoms with Crippen LogP contribution in [-0.4, -0.2) is 22.5 Å². The molecule has 5 rings (SSSR count). The van der Waals surface area contributed by atoms with Crippen molar-refractivity contribution in [2.75, 3.05) is 7.11 Å². The Morgan fingerprint density at radius 2 is 1.62 bits per heavy atom. The Morgan fingerprint density at radius 1 is 0.828 bits per heavy atom. The molecule has 0 aliphatic rings. The molecule has 0 aliphatic carbocycles. The van der Waals surface area contributed by atoms with E-state index in [0.717, 1.165) is 46.2 Å².